The molecule has 5 unspecified atom stereocenters. The van der Waals surface area contributed by atoms with Crippen molar-refractivity contribution in [2.45, 2.75) is 30.7 Å². The Hall–Kier alpha value is -1.26. The zero-order valence-electron chi connectivity index (χ0n) is 7.76. The molecule has 0 aromatic carbocycles. The first-order chi connectivity index (χ1) is 7.34. The van der Waals surface area contributed by atoms with Crippen molar-refractivity contribution in [3.05, 3.63) is 0 Å². The zero-order chi connectivity index (χ0) is 12.5. The molecular formula is C7H10O9. The average molecular weight is 238 g/mol. The van der Waals surface area contributed by atoms with E-state index >= 15 is 0 Å². The van der Waals surface area contributed by atoms with Crippen molar-refractivity contribution in [3.63, 3.8) is 0 Å². The Morgan fingerprint density at radius 1 is 1.00 bits per heavy atom. The van der Waals surface area contributed by atoms with E-state index in [9.17, 15) is 19.8 Å². The number of hydrogen-bond donors (Lipinski definition) is 5. The molecular weight excluding hydrogens is 228 g/mol. The van der Waals surface area contributed by atoms with Crippen molar-refractivity contribution in [1.29, 1.82) is 0 Å². The quantitative estimate of drug-likeness (QED) is 0.237. The van der Waals surface area contributed by atoms with E-state index < -0.39 is 42.8 Å². The van der Waals surface area contributed by atoms with Gasteiger partial charge >= 0.3 is 12.1 Å². The molecule has 1 aliphatic rings. The second-order valence-corrected chi connectivity index (χ2v) is 3.11. The molecule has 1 saturated heterocycles. The minimum atomic E-state index is -1.93. The summed E-state index contributed by atoms with van der Waals surface area (Å²) in [5.41, 5.74) is 0. The van der Waals surface area contributed by atoms with Gasteiger partial charge in [-0.25, -0.2) is 9.59 Å². The molecule has 1 fully saturated rings. The van der Waals surface area contributed by atoms with Crippen molar-refractivity contribution in [3.8, 4) is 0 Å². The van der Waals surface area contributed by atoms with Crippen molar-refractivity contribution in [2.24, 2.45) is 0 Å². The molecule has 92 valence electrons. The molecule has 1 rings (SSSR count). The normalized spacial score (nSPS) is 39.1. The number of carbonyl (C=O) groups is 2. The first kappa shape index (κ1) is 12.8. The molecule has 5 atom stereocenters. The molecule has 0 radical (unpaired) electrons. The molecule has 0 aromatic heterocycles. The van der Waals surface area contributed by atoms with Crippen LogP contribution < -0.4 is 0 Å². The van der Waals surface area contributed by atoms with Gasteiger partial charge in [0.15, 0.2) is 12.4 Å². The summed E-state index contributed by atoms with van der Waals surface area (Å²) in [4.78, 5) is 21.1. The zero-order valence-corrected chi connectivity index (χ0v) is 7.76. The molecule has 0 spiro atoms. The first-order valence-electron chi connectivity index (χ1n) is 4.17. The van der Waals surface area contributed by atoms with Crippen molar-refractivity contribution >= 4 is 12.1 Å². The number of hydrogen-bond acceptors (Lipinski definition) is 8. The highest BCUT2D eigenvalue weighted by molar-refractivity contribution is 5.84. The molecule has 1 aliphatic heterocycles. The molecule has 5 N–H and O–H groups in total. The van der Waals surface area contributed by atoms with Gasteiger partial charge in [-0.2, -0.15) is 0 Å². The Morgan fingerprint density at radius 2 is 1.56 bits per heavy atom. The second kappa shape index (κ2) is 4.72. The highest BCUT2D eigenvalue weighted by Crippen LogP contribution is 2.20. The van der Waals surface area contributed by atoms with Crippen LogP contribution in [0.2, 0.25) is 0 Å². The van der Waals surface area contributed by atoms with Crippen LogP contribution in [0.4, 0.5) is 4.79 Å². The van der Waals surface area contributed by atoms with Crippen LogP contribution in [-0.4, -0.2) is 68.4 Å². The van der Waals surface area contributed by atoms with Gasteiger partial charge < -0.3 is 35.0 Å². The minimum absolute atomic E-state index is 1.50. The molecule has 16 heavy (non-hydrogen) atoms. The van der Waals surface area contributed by atoms with Gasteiger partial charge in [-0.1, -0.05) is 0 Å². The SMILES string of the molecule is O=C(O)OC(=O)C1OC(O)C(O)C(O)C1O. The van der Waals surface area contributed by atoms with Gasteiger partial charge in [-0.05, 0) is 0 Å². The van der Waals surface area contributed by atoms with Crippen LogP contribution in [0.15, 0.2) is 0 Å². The van der Waals surface area contributed by atoms with Gasteiger partial charge in [0.25, 0.3) is 0 Å². The van der Waals surface area contributed by atoms with Crippen molar-refractivity contribution in [1.82, 2.24) is 0 Å². The lowest BCUT2D eigenvalue weighted by Gasteiger charge is -2.36. The fourth-order valence-electron chi connectivity index (χ4n) is 1.20. The van der Waals surface area contributed by atoms with Crippen LogP contribution >= 0.6 is 0 Å². The summed E-state index contributed by atoms with van der Waals surface area (Å²) in [6.45, 7) is 0. The molecule has 0 saturated carbocycles. The Labute approximate surface area is 88.4 Å². The van der Waals surface area contributed by atoms with Crippen LogP contribution in [0.3, 0.4) is 0 Å². The largest absolute Gasteiger partial charge is 0.513 e. The van der Waals surface area contributed by atoms with Gasteiger partial charge in [0.05, 0.1) is 0 Å². The Balaban J connectivity index is 2.73. The lowest BCUT2D eigenvalue weighted by molar-refractivity contribution is -0.279. The van der Waals surface area contributed by atoms with Gasteiger partial charge in [0.1, 0.15) is 18.3 Å². The summed E-state index contributed by atoms with van der Waals surface area (Å²) in [5, 5.41) is 44.6. The summed E-state index contributed by atoms with van der Waals surface area (Å²) in [6.07, 6.45) is -11.3. The number of esters is 1. The standard InChI is InChI=1S/C7H10O9/c8-1-2(9)4(6(12)16-7(13)14)15-5(11)3(1)10/h1-5,8-11H,(H,13,14). The third-order valence-electron chi connectivity index (χ3n) is 2.01. The summed E-state index contributed by atoms with van der Waals surface area (Å²) in [6, 6.07) is 0. The molecule has 1 heterocycles. The number of aliphatic hydroxyl groups is 4. The highest BCUT2D eigenvalue weighted by Gasteiger charge is 2.47. The molecule has 0 amide bonds. The van der Waals surface area contributed by atoms with Crippen LogP contribution in [-0.2, 0) is 14.3 Å². The number of carbonyl (C=O) groups excluding carboxylic acids is 1. The third kappa shape index (κ3) is 2.46. The maximum absolute atomic E-state index is 11.0. The lowest BCUT2D eigenvalue weighted by Crippen LogP contribution is -2.60. The van der Waals surface area contributed by atoms with Crippen molar-refractivity contribution in [2.75, 3.05) is 0 Å². The van der Waals surface area contributed by atoms with E-state index in [2.05, 4.69) is 9.47 Å². The van der Waals surface area contributed by atoms with Gasteiger partial charge in [-0.15, -0.1) is 0 Å². The van der Waals surface area contributed by atoms with Gasteiger partial charge in [-0.3, -0.25) is 0 Å². The molecule has 9 nitrogen and oxygen atoms in total. The molecule has 0 aliphatic carbocycles. The number of rotatable bonds is 1. The average Bonchev–Trinajstić information content (AvgIpc) is 2.19. The van der Waals surface area contributed by atoms with Gasteiger partial charge in [0, 0.05) is 0 Å². The monoisotopic (exact) mass is 238 g/mol. The predicted octanol–water partition coefficient (Wildman–Crippen LogP) is -2.99. The Bertz CT molecular complexity index is 290. The highest BCUT2D eigenvalue weighted by atomic mass is 16.7. The molecule has 0 bridgehead atoms. The lowest BCUT2D eigenvalue weighted by atomic mass is 9.99. The first-order valence-corrected chi connectivity index (χ1v) is 4.17. The van der Waals surface area contributed by atoms with E-state index in [4.69, 9.17) is 15.3 Å². The molecule has 9 heteroatoms. The number of aliphatic hydroxyl groups excluding tert-OH is 4. The van der Waals surface area contributed by atoms with E-state index in [-0.39, 0.29) is 0 Å². The Morgan fingerprint density at radius 3 is 2.06 bits per heavy atom. The van der Waals surface area contributed by atoms with E-state index in [1.54, 1.807) is 0 Å². The van der Waals surface area contributed by atoms with E-state index in [0.29, 0.717) is 0 Å². The minimum Gasteiger partial charge on any atom is -0.449 e. The van der Waals surface area contributed by atoms with Crippen LogP contribution in [0.1, 0.15) is 0 Å². The third-order valence-corrected chi connectivity index (χ3v) is 2.01. The summed E-state index contributed by atoms with van der Waals surface area (Å²) in [7, 11) is 0. The van der Waals surface area contributed by atoms with Crippen LogP contribution in [0.5, 0.6) is 0 Å². The topological polar surface area (TPSA) is 154 Å². The summed E-state index contributed by atoms with van der Waals surface area (Å²) < 4.78 is 8.08. The fourth-order valence-corrected chi connectivity index (χ4v) is 1.20. The van der Waals surface area contributed by atoms with E-state index in [0.717, 1.165) is 0 Å². The maximum atomic E-state index is 11.0. The summed E-state index contributed by atoms with van der Waals surface area (Å²) in [5.74, 6) is -1.50. The van der Waals surface area contributed by atoms with Crippen molar-refractivity contribution < 1.29 is 44.6 Å². The smallest absolute Gasteiger partial charge is 0.449 e. The second-order valence-electron chi connectivity index (χ2n) is 3.11. The number of carboxylic acid groups (broad SMARTS) is 1. The Kier molecular flexibility index (Phi) is 3.78. The van der Waals surface area contributed by atoms with Gasteiger partial charge in [0.2, 0.25) is 0 Å². The molecule has 0 aromatic rings. The predicted molar refractivity (Wildman–Crippen MR) is 43.0 cm³/mol. The van der Waals surface area contributed by atoms with E-state index in [1.165, 1.54) is 0 Å². The number of ether oxygens (including phenoxy) is 2. The van der Waals surface area contributed by atoms with E-state index in [1.807, 2.05) is 0 Å². The summed E-state index contributed by atoms with van der Waals surface area (Å²) >= 11 is 0. The maximum Gasteiger partial charge on any atom is 0.513 e. The fraction of sp³-hybridized carbons (Fsp3) is 0.714. The van der Waals surface area contributed by atoms with Crippen LogP contribution in [0, 0.1) is 0 Å². The van der Waals surface area contributed by atoms with Crippen LogP contribution in [0.25, 0.3) is 0 Å².